The minimum atomic E-state index is -3.64. The van der Waals surface area contributed by atoms with E-state index in [4.69, 9.17) is 4.74 Å². The van der Waals surface area contributed by atoms with Crippen LogP contribution in [0.5, 0.6) is 5.75 Å². The second-order valence-electron chi connectivity index (χ2n) is 5.74. The third-order valence-electron chi connectivity index (χ3n) is 4.23. The lowest BCUT2D eigenvalue weighted by molar-refractivity contribution is 0.0669. The standard InChI is InChI=1S/C16H23NO4S/c1-3-9-16(13-18)10-6-11-17(12-16)22(19,20)15-8-5-4-7-14(15)21-2/h3-5,7-8,18H,1,6,9-13H2,2H3/t16-/m0/s1. The number of benzene rings is 1. The van der Waals surface area contributed by atoms with Crippen LogP contribution in [0.4, 0.5) is 0 Å². The van der Waals surface area contributed by atoms with Gasteiger partial charge in [-0.25, -0.2) is 8.42 Å². The highest BCUT2D eigenvalue weighted by molar-refractivity contribution is 7.89. The van der Waals surface area contributed by atoms with E-state index in [1.807, 2.05) is 0 Å². The SMILES string of the molecule is C=CC[C@]1(CO)CCCN(S(=O)(=O)c2ccccc2OC)C1. The molecule has 1 aromatic rings. The number of methoxy groups -OCH3 is 1. The zero-order chi connectivity index (χ0) is 16.2. The molecule has 0 saturated carbocycles. The number of allylic oxidation sites excluding steroid dienone is 1. The molecule has 1 saturated heterocycles. The van der Waals surface area contributed by atoms with Crippen LogP contribution in [-0.2, 0) is 10.0 Å². The summed E-state index contributed by atoms with van der Waals surface area (Å²) in [5.74, 6) is 0.339. The fraction of sp³-hybridized carbons (Fsp3) is 0.500. The van der Waals surface area contributed by atoms with Crippen molar-refractivity contribution in [1.82, 2.24) is 4.31 Å². The molecule has 22 heavy (non-hydrogen) atoms. The van der Waals surface area contributed by atoms with Gasteiger partial charge in [0.05, 0.1) is 13.7 Å². The molecule has 6 heteroatoms. The smallest absolute Gasteiger partial charge is 0.246 e. The van der Waals surface area contributed by atoms with E-state index in [0.717, 1.165) is 12.8 Å². The van der Waals surface area contributed by atoms with Crippen molar-refractivity contribution >= 4 is 10.0 Å². The largest absolute Gasteiger partial charge is 0.495 e. The maximum Gasteiger partial charge on any atom is 0.246 e. The average Bonchev–Trinajstić information content (AvgIpc) is 2.55. The van der Waals surface area contributed by atoms with Crippen molar-refractivity contribution in [2.45, 2.75) is 24.2 Å². The first-order chi connectivity index (χ1) is 10.5. The second-order valence-corrected chi connectivity index (χ2v) is 7.65. The quantitative estimate of drug-likeness (QED) is 0.813. The number of aliphatic hydroxyl groups excluding tert-OH is 1. The number of piperidine rings is 1. The molecule has 1 heterocycles. The number of rotatable bonds is 6. The minimum Gasteiger partial charge on any atom is -0.495 e. The molecule has 0 amide bonds. The Hall–Kier alpha value is -1.37. The maximum atomic E-state index is 12.9. The molecule has 0 unspecified atom stereocenters. The fourth-order valence-corrected chi connectivity index (χ4v) is 4.75. The fourth-order valence-electron chi connectivity index (χ4n) is 3.01. The van der Waals surface area contributed by atoms with Crippen molar-refractivity contribution in [2.75, 3.05) is 26.8 Å². The third-order valence-corrected chi connectivity index (χ3v) is 6.11. The number of hydrogen-bond acceptors (Lipinski definition) is 4. The highest BCUT2D eigenvalue weighted by Crippen LogP contribution is 2.37. The van der Waals surface area contributed by atoms with Gasteiger partial charge in [-0.1, -0.05) is 18.2 Å². The Morgan fingerprint density at radius 3 is 2.82 bits per heavy atom. The van der Waals surface area contributed by atoms with Crippen molar-refractivity contribution in [3.8, 4) is 5.75 Å². The number of para-hydroxylation sites is 1. The normalized spacial score (nSPS) is 23.2. The van der Waals surface area contributed by atoms with Gasteiger partial charge in [-0.05, 0) is 31.4 Å². The van der Waals surface area contributed by atoms with Crippen molar-refractivity contribution in [3.63, 3.8) is 0 Å². The summed E-state index contributed by atoms with van der Waals surface area (Å²) in [4.78, 5) is 0.171. The van der Waals surface area contributed by atoms with Gasteiger partial charge in [-0.2, -0.15) is 4.31 Å². The summed E-state index contributed by atoms with van der Waals surface area (Å²) in [5.41, 5.74) is -0.435. The summed E-state index contributed by atoms with van der Waals surface area (Å²) in [7, 11) is -2.18. The maximum absolute atomic E-state index is 12.9. The Morgan fingerprint density at radius 1 is 1.45 bits per heavy atom. The molecule has 5 nitrogen and oxygen atoms in total. The van der Waals surface area contributed by atoms with Gasteiger partial charge in [0.1, 0.15) is 10.6 Å². The van der Waals surface area contributed by atoms with E-state index in [2.05, 4.69) is 6.58 Å². The summed E-state index contributed by atoms with van der Waals surface area (Å²) in [6.07, 6.45) is 3.87. The Kier molecular flexibility index (Phi) is 5.26. The van der Waals surface area contributed by atoms with Crippen molar-refractivity contribution in [2.24, 2.45) is 5.41 Å². The highest BCUT2D eigenvalue weighted by Gasteiger charge is 2.39. The molecule has 1 N–H and O–H groups in total. The van der Waals surface area contributed by atoms with Gasteiger partial charge in [-0.15, -0.1) is 6.58 Å². The Bertz CT molecular complexity index is 629. The molecule has 0 aromatic heterocycles. The lowest BCUT2D eigenvalue weighted by Gasteiger charge is -2.40. The highest BCUT2D eigenvalue weighted by atomic mass is 32.2. The summed E-state index contributed by atoms with van der Waals surface area (Å²) in [6, 6.07) is 6.61. The molecule has 1 atom stereocenters. The van der Waals surface area contributed by atoms with E-state index in [1.54, 1.807) is 30.3 Å². The molecule has 2 rings (SSSR count). The molecule has 122 valence electrons. The summed E-state index contributed by atoms with van der Waals surface area (Å²) >= 11 is 0. The van der Waals surface area contributed by atoms with Crippen LogP contribution in [0.1, 0.15) is 19.3 Å². The monoisotopic (exact) mass is 325 g/mol. The summed E-state index contributed by atoms with van der Waals surface area (Å²) in [5, 5.41) is 9.73. The number of ether oxygens (including phenoxy) is 1. The van der Waals surface area contributed by atoms with Gasteiger partial charge in [0.2, 0.25) is 10.0 Å². The molecule has 0 radical (unpaired) electrons. The van der Waals surface area contributed by atoms with Crippen LogP contribution in [0, 0.1) is 5.41 Å². The van der Waals surface area contributed by atoms with E-state index in [9.17, 15) is 13.5 Å². The number of nitrogens with zero attached hydrogens (tertiary/aromatic N) is 1. The van der Waals surface area contributed by atoms with Gasteiger partial charge in [-0.3, -0.25) is 0 Å². The molecule has 1 aliphatic heterocycles. The number of hydrogen-bond donors (Lipinski definition) is 1. The topological polar surface area (TPSA) is 66.8 Å². The summed E-state index contributed by atoms with van der Waals surface area (Å²) < 4.78 is 32.5. The Labute approximate surface area is 132 Å². The van der Waals surface area contributed by atoms with Gasteiger partial charge < -0.3 is 9.84 Å². The molecule has 0 aliphatic carbocycles. The molecule has 1 aliphatic rings. The van der Waals surface area contributed by atoms with Crippen molar-refractivity contribution in [1.29, 1.82) is 0 Å². The van der Waals surface area contributed by atoms with Crippen LogP contribution in [0.15, 0.2) is 41.8 Å². The van der Waals surface area contributed by atoms with Gasteiger partial charge in [0, 0.05) is 18.5 Å². The Balaban J connectivity index is 2.35. The van der Waals surface area contributed by atoms with Crippen LogP contribution in [0.3, 0.4) is 0 Å². The van der Waals surface area contributed by atoms with E-state index >= 15 is 0 Å². The lowest BCUT2D eigenvalue weighted by Crippen LogP contribution is -2.47. The first kappa shape index (κ1) is 17.0. The molecular formula is C16H23NO4S. The third kappa shape index (κ3) is 3.19. The van der Waals surface area contributed by atoms with E-state index < -0.39 is 15.4 Å². The van der Waals surface area contributed by atoms with Crippen molar-refractivity contribution in [3.05, 3.63) is 36.9 Å². The average molecular weight is 325 g/mol. The van der Waals surface area contributed by atoms with Crippen molar-refractivity contribution < 1.29 is 18.3 Å². The van der Waals surface area contributed by atoms with E-state index in [0.29, 0.717) is 25.3 Å². The zero-order valence-electron chi connectivity index (χ0n) is 12.9. The number of sulfonamides is 1. The van der Waals surface area contributed by atoms with E-state index in [1.165, 1.54) is 11.4 Å². The Morgan fingerprint density at radius 2 is 2.18 bits per heavy atom. The van der Waals surface area contributed by atoms with E-state index in [-0.39, 0.29) is 11.5 Å². The predicted octanol–water partition coefficient (Wildman–Crippen LogP) is 2.03. The molecule has 1 aromatic carbocycles. The predicted molar refractivity (Wildman–Crippen MR) is 85.3 cm³/mol. The lowest BCUT2D eigenvalue weighted by atomic mass is 9.79. The first-order valence-electron chi connectivity index (χ1n) is 7.34. The molecule has 1 fully saturated rings. The minimum absolute atomic E-state index is 0.0447. The molecular weight excluding hydrogens is 302 g/mol. The van der Waals surface area contributed by atoms with Crippen LogP contribution < -0.4 is 4.74 Å². The molecule has 0 spiro atoms. The van der Waals surface area contributed by atoms with Crippen LogP contribution in [0.2, 0.25) is 0 Å². The molecule has 0 bridgehead atoms. The van der Waals surface area contributed by atoms with Crippen LogP contribution in [0.25, 0.3) is 0 Å². The number of aliphatic hydroxyl groups is 1. The van der Waals surface area contributed by atoms with Crippen LogP contribution in [-0.4, -0.2) is 44.6 Å². The van der Waals surface area contributed by atoms with Gasteiger partial charge in [0.15, 0.2) is 0 Å². The summed E-state index contributed by atoms with van der Waals surface area (Å²) in [6.45, 7) is 4.44. The van der Waals surface area contributed by atoms with Crippen LogP contribution >= 0.6 is 0 Å². The first-order valence-corrected chi connectivity index (χ1v) is 8.78. The second kappa shape index (κ2) is 6.81. The van der Waals surface area contributed by atoms with Gasteiger partial charge in [0.25, 0.3) is 0 Å². The zero-order valence-corrected chi connectivity index (χ0v) is 13.7. The van der Waals surface area contributed by atoms with Gasteiger partial charge >= 0.3 is 0 Å².